The fraction of sp³-hybridized carbons (Fsp3) is 0.550. The quantitative estimate of drug-likeness (QED) is 0.894. The van der Waals surface area contributed by atoms with Crippen LogP contribution in [0.5, 0.6) is 0 Å². The van der Waals surface area contributed by atoms with Crippen molar-refractivity contribution < 1.29 is 14.4 Å². The van der Waals surface area contributed by atoms with E-state index in [0.717, 1.165) is 29.8 Å². The van der Waals surface area contributed by atoms with Crippen LogP contribution in [0.2, 0.25) is 0 Å². The van der Waals surface area contributed by atoms with E-state index >= 15 is 0 Å². The van der Waals surface area contributed by atoms with Gasteiger partial charge in [0, 0.05) is 38.3 Å². The number of nitrogens with zero attached hydrogens (tertiary/aromatic N) is 2. The number of anilines is 1. The highest BCUT2D eigenvalue weighted by atomic mass is 16.2. The summed E-state index contributed by atoms with van der Waals surface area (Å²) in [6.45, 7) is 6.71. The molecule has 3 rings (SSSR count). The summed E-state index contributed by atoms with van der Waals surface area (Å²) in [5.74, 6) is 0.622. The van der Waals surface area contributed by atoms with Gasteiger partial charge in [0.1, 0.15) is 0 Å². The lowest BCUT2D eigenvalue weighted by atomic mass is 10.1. The Hall–Kier alpha value is -2.37. The number of hydrogen-bond acceptors (Lipinski definition) is 3. The van der Waals surface area contributed by atoms with Crippen molar-refractivity contribution in [2.45, 2.75) is 39.5 Å². The summed E-state index contributed by atoms with van der Waals surface area (Å²) in [6, 6.07) is 5.72. The molecule has 0 atom stereocenters. The van der Waals surface area contributed by atoms with Gasteiger partial charge >= 0.3 is 0 Å². The molecule has 0 aliphatic carbocycles. The van der Waals surface area contributed by atoms with Crippen LogP contribution in [-0.4, -0.2) is 53.7 Å². The molecule has 6 nitrogen and oxygen atoms in total. The zero-order valence-corrected chi connectivity index (χ0v) is 15.6. The third-order valence-corrected chi connectivity index (χ3v) is 4.93. The summed E-state index contributed by atoms with van der Waals surface area (Å²) in [5, 5.41) is 2.81. The molecule has 0 unspecified atom stereocenters. The summed E-state index contributed by atoms with van der Waals surface area (Å²) in [5.41, 5.74) is 2.74. The largest absolute Gasteiger partial charge is 0.341 e. The summed E-state index contributed by atoms with van der Waals surface area (Å²) < 4.78 is 0. The summed E-state index contributed by atoms with van der Waals surface area (Å²) in [6.07, 6.45) is 2.10. The second kappa shape index (κ2) is 7.89. The third-order valence-electron chi connectivity index (χ3n) is 4.93. The second-order valence-corrected chi connectivity index (χ2v) is 7.61. The molecule has 0 bridgehead atoms. The SMILES string of the molecule is CC(C)CC(=O)N1CCCN(C(=O)Cc2ccc3c(c2)CC(=O)N3)CC1. The Bertz CT molecular complexity index is 714. The zero-order chi connectivity index (χ0) is 18.7. The van der Waals surface area contributed by atoms with Gasteiger partial charge in [0.05, 0.1) is 12.8 Å². The van der Waals surface area contributed by atoms with Gasteiger partial charge in [-0.15, -0.1) is 0 Å². The fourth-order valence-electron chi connectivity index (χ4n) is 3.57. The van der Waals surface area contributed by atoms with Crippen LogP contribution in [0.4, 0.5) is 5.69 Å². The number of fused-ring (bicyclic) bond motifs is 1. The first-order chi connectivity index (χ1) is 12.4. The smallest absolute Gasteiger partial charge is 0.228 e. The van der Waals surface area contributed by atoms with E-state index in [0.29, 0.717) is 44.8 Å². The topological polar surface area (TPSA) is 69.7 Å². The lowest BCUT2D eigenvalue weighted by Crippen LogP contribution is -2.38. The van der Waals surface area contributed by atoms with Gasteiger partial charge in [0.2, 0.25) is 17.7 Å². The van der Waals surface area contributed by atoms with E-state index in [9.17, 15) is 14.4 Å². The molecule has 1 saturated heterocycles. The molecule has 140 valence electrons. The Kier molecular flexibility index (Phi) is 5.59. The minimum atomic E-state index is 0.00199. The Balaban J connectivity index is 1.56. The number of benzene rings is 1. The van der Waals surface area contributed by atoms with Crippen LogP contribution in [-0.2, 0) is 27.2 Å². The Labute approximate surface area is 154 Å². The Morgan fingerprint density at radius 1 is 1.08 bits per heavy atom. The maximum absolute atomic E-state index is 12.7. The molecule has 0 spiro atoms. The number of amides is 3. The van der Waals surface area contributed by atoms with Crippen LogP contribution in [0.1, 0.15) is 37.8 Å². The van der Waals surface area contributed by atoms with Gasteiger partial charge in [-0.3, -0.25) is 14.4 Å². The summed E-state index contributed by atoms with van der Waals surface area (Å²) in [4.78, 5) is 40.1. The highest BCUT2D eigenvalue weighted by Crippen LogP contribution is 2.24. The monoisotopic (exact) mass is 357 g/mol. The minimum absolute atomic E-state index is 0.00199. The molecular formula is C20H27N3O3. The highest BCUT2D eigenvalue weighted by Gasteiger charge is 2.23. The maximum atomic E-state index is 12.7. The van der Waals surface area contributed by atoms with Gasteiger partial charge in [0.15, 0.2) is 0 Å². The van der Waals surface area contributed by atoms with Crippen molar-refractivity contribution >= 4 is 23.4 Å². The van der Waals surface area contributed by atoms with Crippen LogP contribution in [0.15, 0.2) is 18.2 Å². The lowest BCUT2D eigenvalue weighted by Gasteiger charge is -2.23. The van der Waals surface area contributed by atoms with Crippen molar-refractivity contribution in [1.29, 1.82) is 0 Å². The van der Waals surface area contributed by atoms with Crippen molar-refractivity contribution in [3.8, 4) is 0 Å². The van der Waals surface area contributed by atoms with E-state index in [2.05, 4.69) is 5.32 Å². The molecule has 1 N–H and O–H groups in total. The molecular weight excluding hydrogens is 330 g/mol. The summed E-state index contributed by atoms with van der Waals surface area (Å²) >= 11 is 0. The van der Waals surface area contributed by atoms with Gasteiger partial charge in [0.25, 0.3) is 0 Å². The number of hydrogen-bond donors (Lipinski definition) is 1. The standard InChI is InChI=1S/C20H27N3O3/c1-14(2)10-19(25)22-6-3-7-23(9-8-22)20(26)12-15-4-5-17-16(11-15)13-18(24)21-17/h4-5,11,14H,3,6-10,12-13H2,1-2H3,(H,21,24). The maximum Gasteiger partial charge on any atom is 0.228 e. The molecule has 3 amide bonds. The molecule has 0 saturated carbocycles. The number of carbonyl (C=O) groups is 3. The van der Waals surface area contributed by atoms with Crippen molar-refractivity contribution in [1.82, 2.24) is 9.80 Å². The van der Waals surface area contributed by atoms with Crippen molar-refractivity contribution in [3.05, 3.63) is 29.3 Å². The Morgan fingerprint density at radius 3 is 2.46 bits per heavy atom. The molecule has 2 heterocycles. The van der Waals surface area contributed by atoms with E-state index in [1.165, 1.54) is 0 Å². The molecule has 1 fully saturated rings. The average molecular weight is 357 g/mol. The van der Waals surface area contributed by atoms with E-state index in [1.54, 1.807) is 0 Å². The van der Waals surface area contributed by atoms with E-state index in [-0.39, 0.29) is 17.7 Å². The predicted molar refractivity (Wildman–Crippen MR) is 99.7 cm³/mol. The molecule has 0 radical (unpaired) electrons. The first-order valence-electron chi connectivity index (χ1n) is 9.39. The average Bonchev–Trinajstić information content (AvgIpc) is 2.79. The Morgan fingerprint density at radius 2 is 1.77 bits per heavy atom. The van der Waals surface area contributed by atoms with Crippen LogP contribution in [0.25, 0.3) is 0 Å². The van der Waals surface area contributed by atoms with Gasteiger partial charge in [-0.05, 0) is 29.5 Å². The molecule has 2 aliphatic rings. The molecule has 26 heavy (non-hydrogen) atoms. The van der Waals surface area contributed by atoms with Gasteiger partial charge in [-0.1, -0.05) is 26.0 Å². The normalized spacial score (nSPS) is 17.1. The minimum Gasteiger partial charge on any atom is -0.341 e. The number of rotatable bonds is 4. The van der Waals surface area contributed by atoms with Crippen LogP contribution in [0.3, 0.4) is 0 Å². The van der Waals surface area contributed by atoms with E-state index < -0.39 is 0 Å². The van der Waals surface area contributed by atoms with Crippen LogP contribution in [0, 0.1) is 5.92 Å². The fourth-order valence-corrected chi connectivity index (χ4v) is 3.57. The van der Waals surface area contributed by atoms with Gasteiger partial charge in [-0.2, -0.15) is 0 Å². The van der Waals surface area contributed by atoms with E-state index in [4.69, 9.17) is 0 Å². The third kappa shape index (κ3) is 4.42. The first-order valence-corrected chi connectivity index (χ1v) is 9.39. The molecule has 6 heteroatoms. The number of nitrogens with one attached hydrogen (secondary N) is 1. The summed E-state index contributed by atoms with van der Waals surface area (Å²) in [7, 11) is 0. The first kappa shape index (κ1) is 18.4. The predicted octanol–water partition coefficient (Wildman–Crippen LogP) is 1.83. The van der Waals surface area contributed by atoms with Crippen molar-refractivity contribution in [2.75, 3.05) is 31.5 Å². The van der Waals surface area contributed by atoms with Crippen molar-refractivity contribution in [3.63, 3.8) is 0 Å². The second-order valence-electron chi connectivity index (χ2n) is 7.61. The molecule has 0 aromatic heterocycles. The van der Waals surface area contributed by atoms with Crippen LogP contribution < -0.4 is 5.32 Å². The van der Waals surface area contributed by atoms with Crippen LogP contribution >= 0.6 is 0 Å². The van der Waals surface area contributed by atoms with E-state index in [1.807, 2.05) is 41.8 Å². The molecule has 2 aliphatic heterocycles. The number of carbonyl (C=O) groups excluding carboxylic acids is 3. The lowest BCUT2D eigenvalue weighted by molar-refractivity contribution is -0.133. The van der Waals surface area contributed by atoms with Crippen molar-refractivity contribution in [2.24, 2.45) is 5.92 Å². The zero-order valence-electron chi connectivity index (χ0n) is 15.6. The van der Waals surface area contributed by atoms with Gasteiger partial charge < -0.3 is 15.1 Å². The highest BCUT2D eigenvalue weighted by molar-refractivity contribution is 5.99. The van der Waals surface area contributed by atoms with Gasteiger partial charge in [-0.25, -0.2) is 0 Å². The molecule has 1 aromatic rings. The molecule has 1 aromatic carbocycles.